The van der Waals surface area contributed by atoms with Gasteiger partial charge in [0, 0.05) is 23.9 Å². The summed E-state index contributed by atoms with van der Waals surface area (Å²) < 4.78 is 0. The van der Waals surface area contributed by atoms with Crippen molar-refractivity contribution >= 4 is 17.2 Å². The van der Waals surface area contributed by atoms with Gasteiger partial charge in [-0.1, -0.05) is 19.1 Å². The van der Waals surface area contributed by atoms with E-state index in [1.54, 1.807) is 11.3 Å². The van der Waals surface area contributed by atoms with Crippen LogP contribution in [0.1, 0.15) is 24.0 Å². The van der Waals surface area contributed by atoms with E-state index >= 15 is 0 Å². The van der Waals surface area contributed by atoms with E-state index in [0.717, 1.165) is 23.5 Å². The standard InChI is InChI=1S/C13H18N2O2S/c1-2-13-15-11(8-18-13)6-12(17)14-10-4-3-9(5-10)7-16/h3-4,8-10,16H,2,5-7H2,1H3,(H,14,17)/t9-,10+/m0/s1. The Morgan fingerprint density at radius 3 is 3.06 bits per heavy atom. The Morgan fingerprint density at radius 1 is 1.61 bits per heavy atom. The molecule has 1 amide bonds. The highest BCUT2D eigenvalue weighted by Gasteiger charge is 2.19. The van der Waals surface area contributed by atoms with Crippen LogP contribution in [0.4, 0.5) is 0 Å². The normalized spacial score (nSPS) is 22.3. The molecule has 0 saturated carbocycles. The first-order valence-corrected chi connectivity index (χ1v) is 7.11. The number of aliphatic hydroxyl groups excluding tert-OH is 1. The number of hydrogen-bond donors (Lipinski definition) is 2. The zero-order chi connectivity index (χ0) is 13.0. The highest BCUT2D eigenvalue weighted by atomic mass is 32.1. The number of aryl methyl sites for hydroxylation is 1. The zero-order valence-corrected chi connectivity index (χ0v) is 11.2. The number of amides is 1. The summed E-state index contributed by atoms with van der Waals surface area (Å²) in [5.74, 6) is 0.178. The van der Waals surface area contributed by atoms with Gasteiger partial charge in [0.15, 0.2) is 0 Å². The van der Waals surface area contributed by atoms with Gasteiger partial charge in [0.25, 0.3) is 0 Å². The van der Waals surface area contributed by atoms with Gasteiger partial charge in [0.1, 0.15) is 0 Å². The summed E-state index contributed by atoms with van der Waals surface area (Å²) in [6.07, 6.45) is 5.96. The summed E-state index contributed by atoms with van der Waals surface area (Å²) in [7, 11) is 0. The number of aromatic nitrogens is 1. The molecule has 5 heteroatoms. The monoisotopic (exact) mass is 266 g/mol. The van der Waals surface area contributed by atoms with E-state index in [1.165, 1.54) is 0 Å². The molecule has 1 heterocycles. The highest BCUT2D eigenvalue weighted by Crippen LogP contribution is 2.17. The molecule has 1 aliphatic carbocycles. The lowest BCUT2D eigenvalue weighted by atomic mass is 10.1. The maximum atomic E-state index is 11.8. The average Bonchev–Trinajstić information content (AvgIpc) is 2.98. The van der Waals surface area contributed by atoms with Gasteiger partial charge in [-0.25, -0.2) is 4.98 Å². The van der Waals surface area contributed by atoms with Crippen molar-refractivity contribution in [3.8, 4) is 0 Å². The molecule has 0 radical (unpaired) electrons. The van der Waals surface area contributed by atoms with Gasteiger partial charge in [-0.05, 0) is 12.8 Å². The summed E-state index contributed by atoms with van der Waals surface area (Å²) >= 11 is 1.60. The smallest absolute Gasteiger partial charge is 0.226 e. The van der Waals surface area contributed by atoms with E-state index < -0.39 is 0 Å². The molecule has 0 bridgehead atoms. The molecular formula is C13H18N2O2S. The Kier molecular flexibility index (Phi) is 4.49. The number of aliphatic hydroxyl groups is 1. The number of nitrogens with zero attached hydrogens (tertiary/aromatic N) is 1. The van der Waals surface area contributed by atoms with Gasteiger partial charge in [0.2, 0.25) is 5.91 Å². The second-order valence-electron chi connectivity index (χ2n) is 4.50. The van der Waals surface area contributed by atoms with Crippen molar-refractivity contribution in [1.82, 2.24) is 10.3 Å². The van der Waals surface area contributed by atoms with E-state index in [9.17, 15) is 4.79 Å². The predicted molar refractivity (Wildman–Crippen MR) is 71.5 cm³/mol. The minimum Gasteiger partial charge on any atom is -0.396 e. The molecule has 98 valence electrons. The molecule has 1 aromatic rings. The number of rotatable bonds is 5. The first kappa shape index (κ1) is 13.2. The average molecular weight is 266 g/mol. The second-order valence-corrected chi connectivity index (χ2v) is 5.44. The van der Waals surface area contributed by atoms with E-state index in [0.29, 0.717) is 6.42 Å². The van der Waals surface area contributed by atoms with Crippen molar-refractivity contribution in [2.24, 2.45) is 5.92 Å². The Hall–Kier alpha value is -1.20. The van der Waals surface area contributed by atoms with Crippen LogP contribution in [-0.4, -0.2) is 28.6 Å². The molecule has 4 nitrogen and oxygen atoms in total. The second kappa shape index (κ2) is 6.11. The molecule has 1 aromatic heterocycles. The number of nitrogens with one attached hydrogen (secondary N) is 1. The summed E-state index contributed by atoms with van der Waals surface area (Å²) in [6.45, 7) is 2.20. The number of carbonyl (C=O) groups excluding carboxylic acids is 1. The third-order valence-corrected chi connectivity index (χ3v) is 4.04. The molecule has 0 saturated heterocycles. The van der Waals surface area contributed by atoms with E-state index in [2.05, 4.69) is 17.2 Å². The van der Waals surface area contributed by atoms with Crippen LogP contribution in [-0.2, 0) is 17.6 Å². The van der Waals surface area contributed by atoms with Crippen molar-refractivity contribution < 1.29 is 9.90 Å². The molecule has 2 atom stereocenters. The molecule has 0 aliphatic heterocycles. The topological polar surface area (TPSA) is 62.2 Å². The molecule has 0 unspecified atom stereocenters. The van der Waals surface area contributed by atoms with E-state index in [-0.39, 0.29) is 24.5 Å². The predicted octanol–water partition coefficient (Wildman–Crippen LogP) is 1.30. The van der Waals surface area contributed by atoms with Crippen LogP contribution in [0.2, 0.25) is 0 Å². The molecule has 2 rings (SSSR count). The summed E-state index contributed by atoms with van der Waals surface area (Å²) in [6, 6.07) is 0.0546. The van der Waals surface area contributed by atoms with Crippen LogP contribution < -0.4 is 5.32 Å². The number of thiazole rings is 1. The van der Waals surface area contributed by atoms with Gasteiger partial charge in [-0.3, -0.25) is 4.79 Å². The van der Waals surface area contributed by atoms with Crippen LogP contribution in [0.25, 0.3) is 0 Å². The van der Waals surface area contributed by atoms with Crippen molar-refractivity contribution in [1.29, 1.82) is 0 Å². The van der Waals surface area contributed by atoms with E-state index in [1.807, 2.05) is 17.5 Å². The van der Waals surface area contributed by atoms with Crippen molar-refractivity contribution in [2.45, 2.75) is 32.2 Å². The fraction of sp³-hybridized carbons (Fsp3) is 0.538. The highest BCUT2D eigenvalue weighted by molar-refractivity contribution is 7.09. The fourth-order valence-electron chi connectivity index (χ4n) is 2.03. The lowest BCUT2D eigenvalue weighted by molar-refractivity contribution is -0.120. The molecule has 2 N–H and O–H groups in total. The fourth-order valence-corrected chi connectivity index (χ4v) is 2.78. The first-order chi connectivity index (χ1) is 8.71. The van der Waals surface area contributed by atoms with Crippen LogP contribution >= 0.6 is 11.3 Å². The van der Waals surface area contributed by atoms with Crippen molar-refractivity contribution in [2.75, 3.05) is 6.61 Å². The maximum Gasteiger partial charge on any atom is 0.226 e. The van der Waals surface area contributed by atoms with Gasteiger partial charge in [0.05, 0.1) is 17.1 Å². The Morgan fingerprint density at radius 2 is 2.44 bits per heavy atom. The number of carbonyl (C=O) groups is 1. The lowest BCUT2D eigenvalue weighted by Crippen LogP contribution is -2.34. The minimum atomic E-state index is -0.00353. The van der Waals surface area contributed by atoms with E-state index in [4.69, 9.17) is 5.11 Å². The summed E-state index contributed by atoms with van der Waals surface area (Å²) in [4.78, 5) is 16.2. The van der Waals surface area contributed by atoms with Gasteiger partial charge in [-0.15, -0.1) is 11.3 Å². The SMILES string of the molecule is CCc1nc(CC(=O)N[C@@H]2C=C[C@H](CO)C2)cs1. The van der Waals surface area contributed by atoms with Crippen LogP contribution in [0.5, 0.6) is 0 Å². The number of hydrogen-bond acceptors (Lipinski definition) is 4. The van der Waals surface area contributed by atoms with Crippen LogP contribution in [0.15, 0.2) is 17.5 Å². The van der Waals surface area contributed by atoms with Crippen LogP contribution in [0, 0.1) is 5.92 Å². The quantitative estimate of drug-likeness (QED) is 0.790. The van der Waals surface area contributed by atoms with Crippen LogP contribution in [0.3, 0.4) is 0 Å². The Labute approximate surface area is 111 Å². The molecule has 0 fully saturated rings. The van der Waals surface area contributed by atoms with Crippen molar-refractivity contribution in [3.63, 3.8) is 0 Å². The zero-order valence-electron chi connectivity index (χ0n) is 10.4. The third-order valence-electron chi connectivity index (χ3n) is 3.00. The minimum absolute atomic E-state index is 0.00353. The third kappa shape index (κ3) is 3.40. The largest absolute Gasteiger partial charge is 0.396 e. The molecular weight excluding hydrogens is 248 g/mol. The molecule has 0 spiro atoms. The Bertz CT molecular complexity index is 442. The molecule has 18 heavy (non-hydrogen) atoms. The summed E-state index contributed by atoms with van der Waals surface area (Å²) in [5.41, 5.74) is 0.843. The molecule has 1 aliphatic rings. The maximum absolute atomic E-state index is 11.8. The van der Waals surface area contributed by atoms with Gasteiger partial charge >= 0.3 is 0 Å². The Balaban J connectivity index is 1.80. The van der Waals surface area contributed by atoms with Crippen molar-refractivity contribution in [3.05, 3.63) is 28.2 Å². The first-order valence-electron chi connectivity index (χ1n) is 6.23. The summed E-state index contributed by atoms with van der Waals surface area (Å²) in [5, 5.41) is 15.0. The van der Waals surface area contributed by atoms with Gasteiger partial charge in [-0.2, -0.15) is 0 Å². The lowest BCUT2D eigenvalue weighted by Gasteiger charge is -2.12. The molecule has 0 aromatic carbocycles. The van der Waals surface area contributed by atoms with Gasteiger partial charge < -0.3 is 10.4 Å².